The Labute approximate surface area is 135 Å². The molecule has 0 spiro atoms. The lowest BCUT2D eigenvalue weighted by atomic mass is 10.2. The Hall–Kier alpha value is -2.82. The molecule has 120 valence electrons. The molecule has 0 bridgehead atoms. The predicted molar refractivity (Wildman–Crippen MR) is 90.0 cm³/mol. The second-order valence-electron chi connectivity index (χ2n) is 4.87. The number of nitrogens with one attached hydrogen (secondary N) is 1. The minimum absolute atomic E-state index is 0.130. The van der Waals surface area contributed by atoms with E-state index in [0.717, 1.165) is 5.56 Å². The summed E-state index contributed by atoms with van der Waals surface area (Å²) in [4.78, 5) is 11.7. The van der Waals surface area contributed by atoms with E-state index in [1.54, 1.807) is 18.3 Å². The average molecular weight is 312 g/mol. The molecule has 23 heavy (non-hydrogen) atoms. The van der Waals surface area contributed by atoms with Crippen molar-refractivity contribution in [3.63, 3.8) is 0 Å². The maximum absolute atomic E-state index is 11.7. The number of amides is 1. The first-order valence-corrected chi connectivity index (χ1v) is 7.42. The standard InChI is InChI=1S/C18H20N2O3/c1-3-22-16-6-4-5-7-17(16)23-13-18(21)20-19-12-15-10-8-14(2)9-11-15/h4-12H,3,13H2,1-2H3,(H,20,21). The Balaban J connectivity index is 1.82. The number of para-hydroxylation sites is 2. The maximum atomic E-state index is 11.7. The van der Waals surface area contributed by atoms with Crippen molar-refractivity contribution in [1.29, 1.82) is 0 Å². The van der Waals surface area contributed by atoms with E-state index >= 15 is 0 Å². The van der Waals surface area contributed by atoms with E-state index in [4.69, 9.17) is 9.47 Å². The lowest BCUT2D eigenvalue weighted by Crippen LogP contribution is -2.24. The fraction of sp³-hybridized carbons (Fsp3) is 0.222. The molecule has 5 heteroatoms. The molecule has 0 aliphatic rings. The normalized spacial score (nSPS) is 10.5. The van der Waals surface area contributed by atoms with Gasteiger partial charge in [-0.05, 0) is 31.5 Å². The van der Waals surface area contributed by atoms with Crippen LogP contribution >= 0.6 is 0 Å². The van der Waals surface area contributed by atoms with E-state index in [9.17, 15) is 4.79 Å². The summed E-state index contributed by atoms with van der Waals surface area (Å²) in [5, 5.41) is 3.91. The second-order valence-corrected chi connectivity index (χ2v) is 4.87. The van der Waals surface area contributed by atoms with Crippen LogP contribution in [0.3, 0.4) is 0 Å². The van der Waals surface area contributed by atoms with Crippen molar-refractivity contribution in [3.05, 3.63) is 59.7 Å². The van der Waals surface area contributed by atoms with E-state index in [1.807, 2.05) is 50.2 Å². The Kier molecular flexibility index (Phi) is 6.17. The van der Waals surface area contributed by atoms with Crippen LogP contribution in [0.15, 0.2) is 53.6 Å². The molecular formula is C18H20N2O3. The molecule has 0 atom stereocenters. The molecule has 0 saturated heterocycles. The number of carbonyl (C=O) groups excluding carboxylic acids is 1. The van der Waals surface area contributed by atoms with Crippen molar-refractivity contribution < 1.29 is 14.3 Å². The highest BCUT2D eigenvalue weighted by atomic mass is 16.5. The fourth-order valence-electron chi connectivity index (χ4n) is 1.85. The van der Waals surface area contributed by atoms with Crippen LogP contribution in [0.4, 0.5) is 0 Å². The van der Waals surface area contributed by atoms with Gasteiger partial charge in [-0.25, -0.2) is 5.43 Å². The van der Waals surface area contributed by atoms with Crippen molar-refractivity contribution in [2.24, 2.45) is 5.10 Å². The number of rotatable bonds is 7. The van der Waals surface area contributed by atoms with Gasteiger partial charge in [-0.2, -0.15) is 5.10 Å². The number of benzene rings is 2. The monoisotopic (exact) mass is 312 g/mol. The molecule has 1 amide bonds. The van der Waals surface area contributed by atoms with Gasteiger partial charge in [0.05, 0.1) is 12.8 Å². The highest BCUT2D eigenvalue weighted by Gasteiger charge is 2.06. The van der Waals surface area contributed by atoms with Gasteiger partial charge in [0.25, 0.3) is 5.91 Å². The van der Waals surface area contributed by atoms with Gasteiger partial charge >= 0.3 is 0 Å². The van der Waals surface area contributed by atoms with Crippen LogP contribution in [0.5, 0.6) is 11.5 Å². The summed E-state index contributed by atoms with van der Waals surface area (Å²) >= 11 is 0. The summed E-state index contributed by atoms with van der Waals surface area (Å²) in [6.45, 7) is 4.31. The molecular weight excluding hydrogens is 292 g/mol. The van der Waals surface area contributed by atoms with Gasteiger partial charge in [0.15, 0.2) is 18.1 Å². The Morgan fingerprint density at radius 3 is 2.39 bits per heavy atom. The smallest absolute Gasteiger partial charge is 0.277 e. The van der Waals surface area contributed by atoms with Crippen molar-refractivity contribution >= 4 is 12.1 Å². The number of hydrogen-bond acceptors (Lipinski definition) is 4. The molecule has 0 heterocycles. The second kappa shape index (κ2) is 8.58. The molecule has 0 aliphatic heterocycles. The van der Waals surface area contributed by atoms with E-state index in [-0.39, 0.29) is 12.5 Å². The van der Waals surface area contributed by atoms with Gasteiger partial charge in [0, 0.05) is 0 Å². The lowest BCUT2D eigenvalue weighted by molar-refractivity contribution is -0.123. The molecule has 2 aromatic carbocycles. The molecule has 0 fully saturated rings. The van der Waals surface area contributed by atoms with Crippen LogP contribution in [0, 0.1) is 6.92 Å². The van der Waals surface area contributed by atoms with Gasteiger partial charge < -0.3 is 9.47 Å². The number of hydrogen-bond donors (Lipinski definition) is 1. The molecule has 5 nitrogen and oxygen atoms in total. The Morgan fingerprint density at radius 2 is 1.74 bits per heavy atom. The summed E-state index contributed by atoms with van der Waals surface area (Å²) < 4.78 is 10.9. The van der Waals surface area contributed by atoms with Crippen molar-refractivity contribution in [2.45, 2.75) is 13.8 Å². The zero-order chi connectivity index (χ0) is 16.5. The van der Waals surface area contributed by atoms with Crippen molar-refractivity contribution in [3.8, 4) is 11.5 Å². The van der Waals surface area contributed by atoms with Crippen molar-refractivity contribution in [1.82, 2.24) is 5.43 Å². The van der Waals surface area contributed by atoms with Gasteiger partial charge in [-0.15, -0.1) is 0 Å². The van der Waals surface area contributed by atoms with Crippen molar-refractivity contribution in [2.75, 3.05) is 13.2 Å². The highest BCUT2D eigenvalue weighted by Crippen LogP contribution is 2.26. The minimum Gasteiger partial charge on any atom is -0.490 e. The summed E-state index contributed by atoms with van der Waals surface area (Å²) in [5.74, 6) is 0.817. The Bertz CT molecular complexity index is 666. The molecule has 1 N–H and O–H groups in total. The molecule has 0 radical (unpaired) electrons. The third-order valence-corrected chi connectivity index (χ3v) is 2.99. The van der Waals surface area contributed by atoms with E-state index < -0.39 is 0 Å². The van der Waals surface area contributed by atoms with Crippen LogP contribution in [-0.2, 0) is 4.79 Å². The fourth-order valence-corrected chi connectivity index (χ4v) is 1.85. The quantitative estimate of drug-likeness (QED) is 0.631. The van der Waals surface area contributed by atoms with Crippen LogP contribution < -0.4 is 14.9 Å². The lowest BCUT2D eigenvalue weighted by Gasteiger charge is -2.10. The summed E-state index contributed by atoms with van der Waals surface area (Å²) in [6.07, 6.45) is 1.59. The SMILES string of the molecule is CCOc1ccccc1OCC(=O)NN=Cc1ccc(C)cc1. The van der Waals surface area contributed by atoms with Gasteiger partial charge in [-0.3, -0.25) is 4.79 Å². The third-order valence-electron chi connectivity index (χ3n) is 2.99. The van der Waals surface area contributed by atoms with E-state index in [1.165, 1.54) is 5.56 Å². The van der Waals surface area contributed by atoms with Crippen LogP contribution in [0.2, 0.25) is 0 Å². The first-order valence-electron chi connectivity index (χ1n) is 7.42. The number of aryl methyl sites for hydroxylation is 1. The molecule has 0 aliphatic carbocycles. The molecule has 0 aromatic heterocycles. The molecule has 0 saturated carbocycles. The topological polar surface area (TPSA) is 59.9 Å². The minimum atomic E-state index is -0.334. The van der Waals surface area contributed by atoms with Crippen LogP contribution in [0.25, 0.3) is 0 Å². The van der Waals surface area contributed by atoms with Crippen LogP contribution in [-0.4, -0.2) is 25.3 Å². The largest absolute Gasteiger partial charge is 0.490 e. The first kappa shape index (κ1) is 16.5. The number of carbonyl (C=O) groups is 1. The summed E-state index contributed by atoms with van der Waals surface area (Å²) in [6, 6.07) is 15.1. The van der Waals surface area contributed by atoms with Crippen LogP contribution in [0.1, 0.15) is 18.1 Å². The maximum Gasteiger partial charge on any atom is 0.277 e. The van der Waals surface area contributed by atoms with E-state index in [0.29, 0.717) is 18.1 Å². The number of nitrogens with zero attached hydrogens (tertiary/aromatic N) is 1. The molecule has 2 rings (SSSR count). The number of hydrazone groups is 1. The highest BCUT2D eigenvalue weighted by molar-refractivity contribution is 5.82. The molecule has 0 unspecified atom stereocenters. The third kappa shape index (κ3) is 5.47. The van der Waals surface area contributed by atoms with E-state index in [2.05, 4.69) is 10.5 Å². The zero-order valence-electron chi connectivity index (χ0n) is 13.3. The predicted octanol–water partition coefficient (Wildman–Crippen LogP) is 2.92. The zero-order valence-corrected chi connectivity index (χ0v) is 13.3. The summed E-state index contributed by atoms with van der Waals surface area (Å²) in [5.41, 5.74) is 4.52. The number of ether oxygens (including phenoxy) is 2. The summed E-state index contributed by atoms with van der Waals surface area (Å²) in [7, 11) is 0. The van der Waals surface area contributed by atoms with Gasteiger partial charge in [0.2, 0.25) is 0 Å². The first-order chi connectivity index (χ1) is 11.2. The van der Waals surface area contributed by atoms with Gasteiger partial charge in [-0.1, -0.05) is 42.0 Å². The Morgan fingerprint density at radius 1 is 1.09 bits per heavy atom. The molecule has 2 aromatic rings. The average Bonchev–Trinajstić information content (AvgIpc) is 2.56. The van der Waals surface area contributed by atoms with Gasteiger partial charge in [0.1, 0.15) is 0 Å².